The highest BCUT2D eigenvalue weighted by atomic mass is 19.4. The van der Waals surface area contributed by atoms with Gasteiger partial charge in [0, 0.05) is 13.1 Å². The first-order valence-electron chi connectivity index (χ1n) is 9.02. The number of amides is 1. The molecule has 2 aromatic carbocycles. The van der Waals surface area contributed by atoms with E-state index >= 15 is 0 Å². The van der Waals surface area contributed by atoms with Crippen LogP contribution in [0.25, 0.3) is 0 Å². The smallest absolute Gasteiger partial charge is 0.416 e. The van der Waals surface area contributed by atoms with Gasteiger partial charge in [-0.05, 0) is 48.7 Å². The second-order valence-corrected chi connectivity index (χ2v) is 6.67. The van der Waals surface area contributed by atoms with E-state index in [2.05, 4.69) is 10.1 Å². The summed E-state index contributed by atoms with van der Waals surface area (Å²) in [5.41, 5.74) is 0.317. The zero-order valence-electron chi connectivity index (χ0n) is 15.3. The van der Waals surface area contributed by atoms with Gasteiger partial charge in [0.2, 0.25) is 5.91 Å². The lowest BCUT2D eigenvalue weighted by atomic mass is 10.1. The maximum atomic E-state index is 13.1. The summed E-state index contributed by atoms with van der Waals surface area (Å²) in [6.07, 6.45) is -2.78. The van der Waals surface area contributed by atoms with Gasteiger partial charge in [-0.2, -0.15) is 22.0 Å². The number of alkyl halides is 5. The van der Waals surface area contributed by atoms with Gasteiger partial charge in [-0.3, -0.25) is 4.79 Å². The third kappa shape index (κ3) is 5.58. The molecule has 0 spiro atoms. The Bertz CT molecular complexity index is 847. The highest BCUT2D eigenvalue weighted by Gasteiger charge is 2.32. The fraction of sp³-hybridized carbons (Fsp3) is 0.350. The molecule has 0 aromatic heterocycles. The first-order chi connectivity index (χ1) is 13.7. The van der Waals surface area contributed by atoms with E-state index in [0.717, 1.165) is 25.0 Å². The molecule has 0 bridgehead atoms. The van der Waals surface area contributed by atoms with Crippen LogP contribution >= 0.6 is 0 Å². The molecule has 1 aliphatic heterocycles. The summed E-state index contributed by atoms with van der Waals surface area (Å²) in [6.45, 7) is -1.53. The average Bonchev–Trinajstić information content (AvgIpc) is 3.16. The molecule has 4 nitrogen and oxygen atoms in total. The molecule has 1 heterocycles. The lowest BCUT2D eigenvalue weighted by molar-refractivity contribution is -0.137. The molecule has 0 saturated carbocycles. The minimum absolute atomic E-state index is 0.0432. The number of carbonyl (C=O) groups excluding carboxylic acids is 1. The number of benzene rings is 2. The van der Waals surface area contributed by atoms with Crippen molar-refractivity contribution in [2.45, 2.75) is 32.1 Å². The second kappa shape index (κ2) is 8.67. The van der Waals surface area contributed by atoms with Crippen molar-refractivity contribution in [1.82, 2.24) is 0 Å². The van der Waals surface area contributed by atoms with Crippen molar-refractivity contribution >= 4 is 17.3 Å². The molecular formula is C20H19F5N2O2. The maximum absolute atomic E-state index is 13.1. The molecule has 156 valence electrons. The monoisotopic (exact) mass is 414 g/mol. The Morgan fingerprint density at radius 3 is 2.31 bits per heavy atom. The van der Waals surface area contributed by atoms with Crippen LogP contribution in [0.4, 0.5) is 33.3 Å². The van der Waals surface area contributed by atoms with E-state index in [1.807, 2.05) is 4.90 Å². The molecule has 0 radical (unpaired) electrons. The van der Waals surface area contributed by atoms with Crippen LogP contribution in [0.5, 0.6) is 5.75 Å². The second-order valence-electron chi connectivity index (χ2n) is 6.67. The van der Waals surface area contributed by atoms with Crippen LogP contribution in [-0.4, -0.2) is 25.6 Å². The first kappa shape index (κ1) is 20.9. The standard InChI is InChI=1S/C20H19F5N2O2/c21-19(22)29-15-6-3-13(4-7-15)11-18(28)26-16-12-14(20(23,24)25)5-8-17(16)27-9-1-2-10-27/h3-8,12,19H,1-2,9-11H2,(H,26,28). The van der Waals surface area contributed by atoms with Gasteiger partial charge in [-0.25, -0.2) is 0 Å². The Kier molecular flexibility index (Phi) is 6.24. The molecule has 1 fully saturated rings. The fourth-order valence-corrected chi connectivity index (χ4v) is 3.21. The summed E-state index contributed by atoms with van der Waals surface area (Å²) in [5.74, 6) is -0.550. The van der Waals surface area contributed by atoms with Gasteiger partial charge in [0.25, 0.3) is 0 Å². The topological polar surface area (TPSA) is 41.6 Å². The Balaban J connectivity index is 1.75. The van der Waals surface area contributed by atoms with Crippen molar-refractivity contribution in [2.24, 2.45) is 0 Å². The summed E-state index contributed by atoms with van der Waals surface area (Å²) >= 11 is 0. The molecule has 1 aliphatic rings. The molecule has 0 atom stereocenters. The number of hydrogen-bond acceptors (Lipinski definition) is 3. The summed E-state index contributed by atoms with van der Waals surface area (Å²) < 4.78 is 67.9. The van der Waals surface area contributed by atoms with Crippen molar-refractivity contribution in [1.29, 1.82) is 0 Å². The summed E-state index contributed by atoms with van der Waals surface area (Å²) in [4.78, 5) is 14.3. The predicted molar refractivity (Wildman–Crippen MR) is 98.3 cm³/mol. The zero-order chi connectivity index (χ0) is 21.0. The van der Waals surface area contributed by atoms with Gasteiger partial charge in [-0.15, -0.1) is 0 Å². The Hall–Kier alpha value is -2.84. The Morgan fingerprint density at radius 1 is 1.07 bits per heavy atom. The number of carbonyl (C=O) groups is 1. The molecule has 0 aliphatic carbocycles. The minimum Gasteiger partial charge on any atom is -0.435 e. The van der Waals surface area contributed by atoms with Crippen LogP contribution in [0, 0.1) is 0 Å². The zero-order valence-corrected chi connectivity index (χ0v) is 15.3. The van der Waals surface area contributed by atoms with E-state index in [-0.39, 0.29) is 17.9 Å². The highest BCUT2D eigenvalue weighted by molar-refractivity contribution is 5.95. The minimum atomic E-state index is -4.52. The number of ether oxygens (including phenoxy) is 1. The van der Waals surface area contributed by atoms with Crippen molar-refractivity contribution in [2.75, 3.05) is 23.3 Å². The Morgan fingerprint density at radius 2 is 1.72 bits per heavy atom. The molecule has 1 amide bonds. The molecule has 29 heavy (non-hydrogen) atoms. The van der Waals surface area contributed by atoms with E-state index < -0.39 is 24.3 Å². The normalized spacial score (nSPS) is 14.3. The Labute approximate surface area is 164 Å². The lowest BCUT2D eigenvalue weighted by Gasteiger charge is -2.23. The molecule has 2 aromatic rings. The van der Waals surface area contributed by atoms with Gasteiger partial charge in [0.05, 0.1) is 23.4 Å². The van der Waals surface area contributed by atoms with Crippen LogP contribution < -0.4 is 15.0 Å². The third-order valence-corrected chi connectivity index (χ3v) is 4.56. The first-order valence-corrected chi connectivity index (χ1v) is 9.02. The summed E-state index contributed by atoms with van der Waals surface area (Å²) in [6, 6.07) is 8.81. The van der Waals surface area contributed by atoms with Gasteiger partial charge >= 0.3 is 12.8 Å². The summed E-state index contributed by atoms with van der Waals surface area (Å²) in [5, 5.41) is 2.56. The van der Waals surface area contributed by atoms with Crippen LogP contribution in [0.15, 0.2) is 42.5 Å². The van der Waals surface area contributed by atoms with E-state index in [1.54, 1.807) is 0 Å². The van der Waals surface area contributed by atoms with E-state index in [0.29, 0.717) is 24.3 Å². The molecule has 3 rings (SSSR count). The largest absolute Gasteiger partial charge is 0.435 e. The van der Waals surface area contributed by atoms with Crippen molar-refractivity contribution in [3.05, 3.63) is 53.6 Å². The molecule has 1 saturated heterocycles. The number of rotatable bonds is 6. The van der Waals surface area contributed by atoms with Crippen molar-refractivity contribution in [3.8, 4) is 5.75 Å². The molecule has 0 unspecified atom stereocenters. The predicted octanol–water partition coefficient (Wildman–Crippen LogP) is 5.09. The van der Waals surface area contributed by atoms with Crippen LogP contribution in [0.3, 0.4) is 0 Å². The SMILES string of the molecule is O=C(Cc1ccc(OC(F)F)cc1)Nc1cc(C(F)(F)F)ccc1N1CCCC1. The molecule has 1 N–H and O–H groups in total. The number of nitrogens with zero attached hydrogens (tertiary/aromatic N) is 1. The highest BCUT2D eigenvalue weighted by Crippen LogP contribution is 2.36. The van der Waals surface area contributed by atoms with E-state index in [1.165, 1.54) is 30.3 Å². The number of halogens is 5. The molecular weight excluding hydrogens is 395 g/mol. The fourth-order valence-electron chi connectivity index (χ4n) is 3.21. The third-order valence-electron chi connectivity index (χ3n) is 4.56. The van der Waals surface area contributed by atoms with Gasteiger partial charge < -0.3 is 15.0 Å². The number of anilines is 2. The molecule has 9 heteroatoms. The lowest BCUT2D eigenvalue weighted by Crippen LogP contribution is -2.22. The quantitative estimate of drug-likeness (QED) is 0.670. The van der Waals surface area contributed by atoms with Crippen molar-refractivity contribution in [3.63, 3.8) is 0 Å². The van der Waals surface area contributed by atoms with E-state index in [9.17, 15) is 26.7 Å². The summed E-state index contributed by atoms with van der Waals surface area (Å²) in [7, 11) is 0. The number of nitrogens with one attached hydrogen (secondary N) is 1. The average molecular weight is 414 g/mol. The van der Waals surface area contributed by atoms with Crippen molar-refractivity contribution < 1.29 is 31.5 Å². The maximum Gasteiger partial charge on any atom is 0.416 e. The van der Waals surface area contributed by atoms with Gasteiger partial charge in [0.15, 0.2) is 0 Å². The van der Waals surface area contributed by atoms with E-state index in [4.69, 9.17) is 0 Å². The van der Waals surface area contributed by atoms with Gasteiger partial charge in [0.1, 0.15) is 5.75 Å². The van der Waals surface area contributed by atoms with Crippen LogP contribution in [0.2, 0.25) is 0 Å². The van der Waals surface area contributed by atoms with Crippen LogP contribution in [0.1, 0.15) is 24.0 Å². The van der Waals surface area contributed by atoms with Gasteiger partial charge in [-0.1, -0.05) is 12.1 Å². The van der Waals surface area contributed by atoms with Crippen LogP contribution in [-0.2, 0) is 17.4 Å². The number of hydrogen-bond donors (Lipinski definition) is 1.